The van der Waals surface area contributed by atoms with Crippen molar-refractivity contribution in [1.82, 2.24) is 5.32 Å². The first kappa shape index (κ1) is 4.53. The minimum Gasteiger partial charge on any atom is -0.287 e. The van der Waals surface area contributed by atoms with Crippen molar-refractivity contribution in [3.63, 3.8) is 0 Å². The summed E-state index contributed by atoms with van der Waals surface area (Å²) in [4.78, 5) is 4.00. The summed E-state index contributed by atoms with van der Waals surface area (Å²) in [5.41, 5.74) is 0. The van der Waals surface area contributed by atoms with Crippen LogP contribution >= 0.6 is 0 Å². The quantitative estimate of drug-likeness (QED) is 0.462. The highest BCUT2D eigenvalue weighted by Crippen LogP contribution is 1.88. The van der Waals surface area contributed by atoms with Gasteiger partial charge in [-0.3, -0.25) is 10.3 Å². The highest BCUT2D eigenvalue weighted by Gasteiger charge is 2.00. The van der Waals surface area contributed by atoms with Crippen LogP contribution in [0.25, 0.3) is 0 Å². The zero-order valence-corrected chi connectivity index (χ0v) is 4.09. The van der Waals surface area contributed by atoms with Gasteiger partial charge in [-0.1, -0.05) is 12.7 Å². The van der Waals surface area contributed by atoms with Gasteiger partial charge in [0, 0.05) is 12.8 Å². The summed E-state index contributed by atoms with van der Waals surface area (Å²) in [7, 11) is 0. The van der Waals surface area contributed by atoms with Gasteiger partial charge in [0.25, 0.3) is 0 Å². The normalized spacial score (nSPS) is 28.3. The molecule has 0 aromatic rings. The molecule has 0 spiro atoms. The van der Waals surface area contributed by atoms with E-state index in [1.807, 2.05) is 6.21 Å². The van der Waals surface area contributed by atoms with Gasteiger partial charge in [-0.25, -0.2) is 0 Å². The van der Waals surface area contributed by atoms with Crippen molar-refractivity contribution in [2.45, 2.75) is 6.17 Å². The van der Waals surface area contributed by atoms with Crippen molar-refractivity contribution in [3.8, 4) is 0 Å². The lowest BCUT2D eigenvalue weighted by Gasteiger charge is -1.95. The Labute approximate surface area is 42.9 Å². The van der Waals surface area contributed by atoms with Crippen molar-refractivity contribution >= 4 is 6.21 Å². The average molecular weight is 96.1 g/mol. The van der Waals surface area contributed by atoms with E-state index in [1.54, 1.807) is 6.08 Å². The summed E-state index contributed by atoms with van der Waals surface area (Å²) < 4.78 is 0. The van der Waals surface area contributed by atoms with Gasteiger partial charge < -0.3 is 0 Å². The van der Waals surface area contributed by atoms with E-state index < -0.39 is 0 Å². The van der Waals surface area contributed by atoms with Crippen molar-refractivity contribution in [3.05, 3.63) is 12.7 Å². The van der Waals surface area contributed by atoms with Gasteiger partial charge >= 0.3 is 0 Å². The molecule has 1 atom stereocenters. The third-order valence-electron chi connectivity index (χ3n) is 0.908. The van der Waals surface area contributed by atoms with Crippen LogP contribution in [0.1, 0.15) is 0 Å². The summed E-state index contributed by atoms with van der Waals surface area (Å²) in [6.07, 6.45) is 3.82. The smallest absolute Gasteiger partial charge is 0.118 e. The van der Waals surface area contributed by atoms with E-state index in [0.717, 1.165) is 6.54 Å². The summed E-state index contributed by atoms with van der Waals surface area (Å²) >= 11 is 0. The summed E-state index contributed by atoms with van der Waals surface area (Å²) in [5.74, 6) is 0. The molecule has 0 bridgehead atoms. The molecule has 1 rings (SSSR count). The fourth-order valence-corrected chi connectivity index (χ4v) is 0.537. The van der Waals surface area contributed by atoms with Crippen LogP contribution in [0.15, 0.2) is 17.6 Å². The Bertz CT molecular complexity index is 96.3. The lowest BCUT2D eigenvalue weighted by atomic mass is 10.5. The van der Waals surface area contributed by atoms with Crippen molar-refractivity contribution in [2.75, 3.05) is 6.54 Å². The van der Waals surface area contributed by atoms with Crippen LogP contribution in [-0.4, -0.2) is 18.9 Å². The van der Waals surface area contributed by atoms with Crippen LogP contribution in [0.4, 0.5) is 0 Å². The molecule has 0 saturated heterocycles. The fraction of sp³-hybridized carbons (Fsp3) is 0.400. The predicted molar refractivity (Wildman–Crippen MR) is 30.5 cm³/mol. The monoisotopic (exact) mass is 96.1 g/mol. The molecule has 0 fully saturated rings. The first-order chi connectivity index (χ1) is 3.43. The molecule has 2 nitrogen and oxygen atoms in total. The number of nitrogens with zero attached hydrogens (tertiary/aromatic N) is 1. The lowest BCUT2D eigenvalue weighted by Crippen LogP contribution is -2.18. The molecule has 0 saturated carbocycles. The Kier molecular flexibility index (Phi) is 1.22. The average Bonchev–Trinajstić information content (AvgIpc) is 2.14. The minimum absolute atomic E-state index is 0.181. The Morgan fingerprint density at radius 3 is 3.14 bits per heavy atom. The number of aliphatic imine (C=N–C) groups is 1. The Hall–Kier alpha value is -0.630. The zero-order valence-electron chi connectivity index (χ0n) is 4.09. The molecule has 0 aliphatic carbocycles. The van der Waals surface area contributed by atoms with E-state index in [-0.39, 0.29) is 6.17 Å². The molecule has 1 N–H and O–H groups in total. The maximum Gasteiger partial charge on any atom is 0.118 e. The van der Waals surface area contributed by atoms with Crippen molar-refractivity contribution in [2.24, 2.45) is 4.99 Å². The highest BCUT2D eigenvalue weighted by atomic mass is 15.1. The van der Waals surface area contributed by atoms with Gasteiger partial charge in [0.15, 0.2) is 0 Å². The Morgan fingerprint density at radius 2 is 2.86 bits per heavy atom. The first-order valence-corrected chi connectivity index (χ1v) is 2.31. The summed E-state index contributed by atoms with van der Waals surface area (Å²) in [6.45, 7) is 4.45. The molecule has 0 amide bonds. The molecule has 1 heterocycles. The van der Waals surface area contributed by atoms with Crippen LogP contribution in [-0.2, 0) is 0 Å². The van der Waals surface area contributed by atoms with E-state index in [2.05, 4.69) is 16.9 Å². The second-order valence-electron chi connectivity index (χ2n) is 1.42. The van der Waals surface area contributed by atoms with Gasteiger partial charge in [-0.15, -0.1) is 0 Å². The standard InChI is InChI=1S/C5H8N2/c1-2-5-6-3-4-7-5/h2-3,5,7H,1,4H2. The Morgan fingerprint density at radius 1 is 2.00 bits per heavy atom. The first-order valence-electron chi connectivity index (χ1n) is 2.31. The van der Waals surface area contributed by atoms with Crippen LogP contribution < -0.4 is 5.32 Å². The third-order valence-corrected chi connectivity index (χ3v) is 0.908. The van der Waals surface area contributed by atoms with Gasteiger partial charge in [-0.2, -0.15) is 0 Å². The maximum absolute atomic E-state index is 4.00. The minimum atomic E-state index is 0.181. The Balaban J connectivity index is 2.42. The predicted octanol–water partition coefficient (Wildman–Crippen LogP) is 0.172. The number of rotatable bonds is 1. The third kappa shape index (κ3) is 0.871. The molecule has 7 heavy (non-hydrogen) atoms. The van der Waals surface area contributed by atoms with E-state index in [1.165, 1.54) is 0 Å². The SMILES string of the molecule is C=CC1N=CCN1. The highest BCUT2D eigenvalue weighted by molar-refractivity contribution is 5.62. The number of hydrogen-bond acceptors (Lipinski definition) is 2. The zero-order chi connectivity index (χ0) is 5.11. The number of hydrogen-bond donors (Lipinski definition) is 1. The molecular formula is C5H8N2. The molecule has 0 radical (unpaired) electrons. The summed E-state index contributed by atoms with van der Waals surface area (Å²) in [5, 5.41) is 3.07. The van der Waals surface area contributed by atoms with Crippen LogP contribution in [0.2, 0.25) is 0 Å². The van der Waals surface area contributed by atoms with Gasteiger partial charge in [-0.05, 0) is 0 Å². The maximum atomic E-state index is 4.00. The largest absolute Gasteiger partial charge is 0.287 e. The van der Waals surface area contributed by atoms with E-state index in [4.69, 9.17) is 0 Å². The molecule has 0 aromatic carbocycles. The second-order valence-corrected chi connectivity index (χ2v) is 1.42. The van der Waals surface area contributed by atoms with E-state index in [9.17, 15) is 0 Å². The van der Waals surface area contributed by atoms with Crippen molar-refractivity contribution in [1.29, 1.82) is 0 Å². The van der Waals surface area contributed by atoms with Crippen LogP contribution in [0.3, 0.4) is 0 Å². The topological polar surface area (TPSA) is 24.4 Å². The van der Waals surface area contributed by atoms with Crippen LogP contribution in [0.5, 0.6) is 0 Å². The molecule has 38 valence electrons. The number of nitrogens with one attached hydrogen (secondary N) is 1. The lowest BCUT2D eigenvalue weighted by molar-refractivity contribution is 0.721. The van der Waals surface area contributed by atoms with Gasteiger partial charge in [0.1, 0.15) is 6.17 Å². The van der Waals surface area contributed by atoms with Crippen molar-refractivity contribution < 1.29 is 0 Å². The van der Waals surface area contributed by atoms with E-state index in [0.29, 0.717) is 0 Å². The molecule has 0 aromatic heterocycles. The molecule has 1 aliphatic rings. The van der Waals surface area contributed by atoms with Gasteiger partial charge in [0.05, 0.1) is 0 Å². The fourth-order valence-electron chi connectivity index (χ4n) is 0.537. The van der Waals surface area contributed by atoms with Gasteiger partial charge in [0.2, 0.25) is 0 Å². The molecule has 1 aliphatic heterocycles. The summed E-state index contributed by atoms with van der Waals surface area (Å²) in [6, 6.07) is 0. The van der Waals surface area contributed by atoms with Crippen LogP contribution in [0, 0.1) is 0 Å². The van der Waals surface area contributed by atoms with E-state index >= 15 is 0 Å². The second kappa shape index (κ2) is 1.89. The molecule has 1 unspecified atom stereocenters. The molecular weight excluding hydrogens is 88.1 g/mol. The molecule has 2 heteroatoms.